The van der Waals surface area contributed by atoms with Crippen LogP contribution in [0.1, 0.15) is 25.8 Å². The molecule has 1 aliphatic rings. The highest BCUT2D eigenvalue weighted by Crippen LogP contribution is 2.25. The standard InChI is InChI=1S/C16H18N2O2/c1-3-4-11-18-12-10-14(19)17-16(2,15(18)20)13-8-6-5-7-9-13/h5-9H,10-12H2,1-2H3,(H,17,19). The molecule has 1 aromatic rings. The Labute approximate surface area is 119 Å². The van der Waals surface area contributed by atoms with Crippen LogP contribution in [0.25, 0.3) is 0 Å². The Morgan fingerprint density at radius 3 is 2.65 bits per heavy atom. The van der Waals surface area contributed by atoms with Crippen LogP contribution in [0.5, 0.6) is 0 Å². The van der Waals surface area contributed by atoms with E-state index in [4.69, 9.17) is 0 Å². The summed E-state index contributed by atoms with van der Waals surface area (Å²) < 4.78 is 0. The first-order chi connectivity index (χ1) is 9.58. The van der Waals surface area contributed by atoms with Crippen molar-refractivity contribution in [3.8, 4) is 11.8 Å². The van der Waals surface area contributed by atoms with Gasteiger partial charge in [0.05, 0.1) is 6.54 Å². The molecule has 0 aromatic heterocycles. The van der Waals surface area contributed by atoms with Crippen molar-refractivity contribution in [2.75, 3.05) is 13.1 Å². The van der Waals surface area contributed by atoms with E-state index in [1.54, 1.807) is 18.7 Å². The molecule has 1 unspecified atom stereocenters. The number of hydrogen-bond donors (Lipinski definition) is 1. The summed E-state index contributed by atoms with van der Waals surface area (Å²) in [6.07, 6.45) is 0.305. The number of rotatable bonds is 2. The van der Waals surface area contributed by atoms with E-state index in [-0.39, 0.29) is 11.8 Å². The number of carbonyl (C=O) groups is 2. The molecule has 20 heavy (non-hydrogen) atoms. The minimum absolute atomic E-state index is 0.114. The van der Waals surface area contributed by atoms with E-state index < -0.39 is 5.54 Å². The van der Waals surface area contributed by atoms with E-state index in [1.807, 2.05) is 30.3 Å². The second-order valence-electron chi connectivity index (χ2n) is 4.94. The summed E-state index contributed by atoms with van der Waals surface area (Å²) in [4.78, 5) is 26.3. The first-order valence-electron chi connectivity index (χ1n) is 6.63. The Hall–Kier alpha value is -2.28. The molecule has 0 aliphatic carbocycles. The van der Waals surface area contributed by atoms with Gasteiger partial charge in [0, 0.05) is 13.0 Å². The summed E-state index contributed by atoms with van der Waals surface area (Å²) in [6, 6.07) is 9.32. The van der Waals surface area contributed by atoms with Crippen LogP contribution in [0.3, 0.4) is 0 Å². The van der Waals surface area contributed by atoms with Crippen LogP contribution in [-0.4, -0.2) is 29.8 Å². The summed E-state index contributed by atoms with van der Waals surface area (Å²) in [5.74, 6) is 5.45. The number of nitrogens with one attached hydrogen (secondary N) is 1. The lowest BCUT2D eigenvalue weighted by Crippen LogP contribution is -2.52. The van der Waals surface area contributed by atoms with Crippen molar-refractivity contribution in [2.24, 2.45) is 0 Å². The van der Waals surface area contributed by atoms with Gasteiger partial charge in [0.1, 0.15) is 5.54 Å². The van der Waals surface area contributed by atoms with Crippen LogP contribution in [0.15, 0.2) is 30.3 Å². The van der Waals surface area contributed by atoms with E-state index >= 15 is 0 Å². The van der Waals surface area contributed by atoms with Crippen LogP contribution in [0.2, 0.25) is 0 Å². The largest absolute Gasteiger partial charge is 0.338 e. The average Bonchev–Trinajstić information content (AvgIpc) is 2.57. The summed E-state index contributed by atoms with van der Waals surface area (Å²) in [6.45, 7) is 4.25. The minimum Gasteiger partial charge on any atom is -0.338 e. The SMILES string of the molecule is CC#CCN1CCC(=O)NC(C)(c2ccccc2)C1=O. The molecule has 1 heterocycles. The van der Waals surface area contributed by atoms with Gasteiger partial charge < -0.3 is 10.2 Å². The van der Waals surface area contributed by atoms with Gasteiger partial charge in [-0.2, -0.15) is 0 Å². The Morgan fingerprint density at radius 1 is 1.30 bits per heavy atom. The summed E-state index contributed by atoms with van der Waals surface area (Å²) >= 11 is 0. The molecule has 1 fully saturated rings. The molecule has 0 bridgehead atoms. The highest BCUT2D eigenvalue weighted by atomic mass is 16.2. The Kier molecular flexibility index (Phi) is 4.09. The van der Waals surface area contributed by atoms with Gasteiger partial charge in [0.25, 0.3) is 5.91 Å². The lowest BCUT2D eigenvalue weighted by molar-refractivity contribution is -0.138. The number of nitrogens with zero attached hydrogens (tertiary/aromatic N) is 1. The lowest BCUT2D eigenvalue weighted by Gasteiger charge is -2.31. The van der Waals surface area contributed by atoms with Crippen molar-refractivity contribution < 1.29 is 9.59 Å². The zero-order valence-electron chi connectivity index (χ0n) is 11.8. The highest BCUT2D eigenvalue weighted by molar-refractivity contribution is 5.94. The highest BCUT2D eigenvalue weighted by Gasteiger charge is 2.41. The summed E-state index contributed by atoms with van der Waals surface area (Å²) in [5, 5.41) is 2.85. The number of hydrogen-bond acceptors (Lipinski definition) is 2. The topological polar surface area (TPSA) is 49.4 Å². The Morgan fingerprint density at radius 2 is 2.00 bits per heavy atom. The monoisotopic (exact) mass is 270 g/mol. The van der Waals surface area contributed by atoms with Gasteiger partial charge in [-0.15, -0.1) is 5.92 Å². The third-order valence-corrected chi connectivity index (χ3v) is 3.51. The van der Waals surface area contributed by atoms with Crippen LogP contribution < -0.4 is 5.32 Å². The van der Waals surface area contributed by atoms with Crippen molar-refractivity contribution in [2.45, 2.75) is 25.8 Å². The van der Waals surface area contributed by atoms with Crippen LogP contribution in [0.4, 0.5) is 0 Å². The number of carbonyl (C=O) groups excluding carboxylic acids is 2. The molecule has 0 spiro atoms. The normalized spacial score (nSPS) is 22.6. The third kappa shape index (κ3) is 2.67. The Balaban J connectivity index is 2.39. The first kappa shape index (κ1) is 14.1. The predicted molar refractivity (Wildman–Crippen MR) is 76.6 cm³/mol. The second-order valence-corrected chi connectivity index (χ2v) is 4.94. The molecule has 104 valence electrons. The molecule has 4 nitrogen and oxygen atoms in total. The molecular formula is C16H18N2O2. The average molecular weight is 270 g/mol. The smallest absolute Gasteiger partial charge is 0.253 e. The molecule has 1 saturated heterocycles. The van der Waals surface area contributed by atoms with Crippen LogP contribution >= 0.6 is 0 Å². The molecule has 1 aliphatic heterocycles. The Bertz CT molecular complexity index is 571. The van der Waals surface area contributed by atoms with Crippen molar-refractivity contribution in [1.29, 1.82) is 0 Å². The zero-order chi connectivity index (χ0) is 14.6. The molecular weight excluding hydrogens is 252 g/mol. The van der Waals surface area contributed by atoms with Crippen molar-refractivity contribution in [1.82, 2.24) is 10.2 Å². The molecule has 0 saturated carbocycles. The fraction of sp³-hybridized carbons (Fsp3) is 0.375. The minimum atomic E-state index is -1.02. The summed E-state index contributed by atoms with van der Waals surface area (Å²) in [7, 11) is 0. The van der Waals surface area contributed by atoms with E-state index in [9.17, 15) is 9.59 Å². The maximum Gasteiger partial charge on any atom is 0.253 e. The first-order valence-corrected chi connectivity index (χ1v) is 6.63. The molecule has 1 aromatic carbocycles. The van der Waals surface area contributed by atoms with E-state index in [2.05, 4.69) is 17.2 Å². The fourth-order valence-electron chi connectivity index (χ4n) is 2.34. The maximum absolute atomic E-state index is 12.8. The van der Waals surface area contributed by atoms with E-state index in [0.29, 0.717) is 19.5 Å². The number of amides is 2. The number of benzene rings is 1. The van der Waals surface area contributed by atoms with Crippen LogP contribution in [-0.2, 0) is 15.1 Å². The fourth-order valence-corrected chi connectivity index (χ4v) is 2.34. The second kappa shape index (κ2) is 5.79. The van der Waals surface area contributed by atoms with Crippen molar-refractivity contribution in [3.05, 3.63) is 35.9 Å². The predicted octanol–water partition coefficient (Wildman–Crippen LogP) is 1.27. The zero-order valence-corrected chi connectivity index (χ0v) is 11.8. The quantitative estimate of drug-likeness (QED) is 0.823. The van der Waals surface area contributed by atoms with Gasteiger partial charge in [-0.05, 0) is 19.4 Å². The molecule has 2 amide bonds. The van der Waals surface area contributed by atoms with Gasteiger partial charge in [-0.25, -0.2) is 0 Å². The lowest BCUT2D eigenvalue weighted by atomic mass is 9.90. The van der Waals surface area contributed by atoms with Gasteiger partial charge >= 0.3 is 0 Å². The van der Waals surface area contributed by atoms with Crippen molar-refractivity contribution in [3.63, 3.8) is 0 Å². The third-order valence-electron chi connectivity index (χ3n) is 3.51. The summed E-state index contributed by atoms with van der Waals surface area (Å²) in [5.41, 5.74) is -0.237. The van der Waals surface area contributed by atoms with E-state index in [0.717, 1.165) is 5.56 Å². The van der Waals surface area contributed by atoms with Crippen LogP contribution in [0, 0.1) is 11.8 Å². The van der Waals surface area contributed by atoms with Gasteiger partial charge in [0.2, 0.25) is 5.91 Å². The molecule has 2 rings (SSSR count). The van der Waals surface area contributed by atoms with Crippen molar-refractivity contribution >= 4 is 11.8 Å². The van der Waals surface area contributed by atoms with Gasteiger partial charge in [-0.3, -0.25) is 9.59 Å². The molecule has 1 N–H and O–H groups in total. The molecule has 4 heteroatoms. The molecule has 0 radical (unpaired) electrons. The van der Waals surface area contributed by atoms with Gasteiger partial charge in [-0.1, -0.05) is 36.3 Å². The maximum atomic E-state index is 12.8. The van der Waals surface area contributed by atoms with E-state index in [1.165, 1.54) is 0 Å². The molecule has 1 atom stereocenters. The van der Waals surface area contributed by atoms with Gasteiger partial charge in [0.15, 0.2) is 0 Å².